The molecule has 2 heterocycles. The second-order valence-corrected chi connectivity index (χ2v) is 8.32. The van der Waals surface area contributed by atoms with Gasteiger partial charge in [-0.05, 0) is 42.9 Å². The minimum Gasteiger partial charge on any atom is -0.384 e. The van der Waals surface area contributed by atoms with E-state index in [9.17, 15) is 4.79 Å². The fraction of sp³-hybridized carbons (Fsp3) is 0.778. The van der Waals surface area contributed by atoms with Crippen LogP contribution in [0.1, 0.15) is 54.1 Å². The molecular weight excluding hydrogens is 304 g/mol. The number of amides is 1. The topological polar surface area (TPSA) is 73.4 Å². The Morgan fingerprint density at radius 1 is 1.29 bits per heavy atom. The summed E-state index contributed by atoms with van der Waals surface area (Å²) in [7, 11) is 3.73. The van der Waals surface area contributed by atoms with E-state index in [0.29, 0.717) is 16.7 Å². The molecule has 0 unspecified atom stereocenters. The Balaban J connectivity index is 1.47. The van der Waals surface area contributed by atoms with Crippen molar-refractivity contribution in [2.75, 3.05) is 26.8 Å². The number of carbonyl (C=O) groups excluding carboxylic acids is 1. The predicted molar refractivity (Wildman–Crippen MR) is 90.5 cm³/mol. The summed E-state index contributed by atoms with van der Waals surface area (Å²) in [6.07, 6.45) is 7.55. The minimum absolute atomic E-state index is 0.390. The number of nitrogens with two attached hydrogens (primary N) is 1. The molecule has 4 rings (SSSR count). The van der Waals surface area contributed by atoms with Gasteiger partial charge in [-0.3, -0.25) is 9.69 Å². The van der Waals surface area contributed by atoms with Gasteiger partial charge in [0.15, 0.2) is 5.82 Å². The first kappa shape index (κ1) is 16.1. The van der Waals surface area contributed by atoms with Gasteiger partial charge in [-0.15, -0.1) is 0 Å². The number of hydrogen-bond donors (Lipinski definition) is 1. The molecule has 1 amide bonds. The van der Waals surface area contributed by atoms with Crippen molar-refractivity contribution in [3.05, 3.63) is 17.2 Å². The number of nitrogens with zero attached hydrogens (tertiary/aromatic N) is 3. The summed E-state index contributed by atoms with van der Waals surface area (Å²) in [5, 5.41) is 0. The lowest BCUT2D eigenvalue weighted by atomic mass is 9.82. The largest absolute Gasteiger partial charge is 0.384 e. The number of fused-ring (bicyclic) bond motifs is 3. The molecule has 2 fully saturated rings. The van der Waals surface area contributed by atoms with Crippen LogP contribution in [-0.2, 0) is 24.8 Å². The number of ether oxygens (including phenoxy) is 1. The summed E-state index contributed by atoms with van der Waals surface area (Å²) >= 11 is 0. The highest BCUT2D eigenvalue weighted by molar-refractivity contribution is 5.89. The summed E-state index contributed by atoms with van der Waals surface area (Å²) in [4.78, 5) is 18.6. The van der Waals surface area contributed by atoms with Gasteiger partial charge in [-0.2, -0.15) is 0 Å². The van der Waals surface area contributed by atoms with Crippen molar-refractivity contribution in [2.24, 2.45) is 23.6 Å². The van der Waals surface area contributed by atoms with Gasteiger partial charge in [-0.1, -0.05) is 0 Å². The molecule has 2 N–H and O–H groups in total. The number of rotatable bonds is 5. The summed E-state index contributed by atoms with van der Waals surface area (Å²) in [5.41, 5.74) is 8.56. The fourth-order valence-corrected chi connectivity index (χ4v) is 5.59. The molecule has 6 nitrogen and oxygen atoms in total. The Morgan fingerprint density at radius 3 is 2.67 bits per heavy atom. The molecule has 2 aliphatic carbocycles. The molecule has 0 saturated heterocycles. The van der Waals surface area contributed by atoms with Gasteiger partial charge in [0.05, 0.1) is 12.3 Å². The molecular formula is C18H28N4O2. The van der Waals surface area contributed by atoms with Crippen molar-refractivity contribution in [3.63, 3.8) is 0 Å². The smallest absolute Gasteiger partial charge is 0.284 e. The van der Waals surface area contributed by atoms with E-state index in [4.69, 9.17) is 10.5 Å². The lowest BCUT2D eigenvalue weighted by Crippen LogP contribution is -2.39. The summed E-state index contributed by atoms with van der Waals surface area (Å²) in [6, 6.07) is 0. The molecule has 0 aromatic carbocycles. The average molecular weight is 332 g/mol. The van der Waals surface area contributed by atoms with E-state index < -0.39 is 5.91 Å². The van der Waals surface area contributed by atoms with E-state index in [2.05, 4.69) is 9.88 Å². The number of hydrogen-bond acceptors (Lipinski definition) is 4. The minimum atomic E-state index is -0.437. The molecule has 2 bridgehead atoms. The fourth-order valence-electron chi connectivity index (χ4n) is 5.59. The highest BCUT2D eigenvalue weighted by Crippen LogP contribution is 2.61. The van der Waals surface area contributed by atoms with Crippen molar-refractivity contribution in [1.82, 2.24) is 14.5 Å². The van der Waals surface area contributed by atoms with Crippen molar-refractivity contribution in [3.8, 4) is 0 Å². The highest BCUT2D eigenvalue weighted by Gasteiger charge is 2.54. The van der Waals surface area contributed by atoms with Crippen molar-refractivity contribution >= 4 is 5.91 Å². The number of aromatic nitrogens is 2. The number of methoxy groups -OCH3 is 1. The number of primary amides is 1. The number of carbonyl (C=O) groups is 1. The second-order valence-electron chi connectivity index (χ2n) is 8.32. The molecule has 0 spiro atoms. The van der Waals surface area contributed by atoms with Crippen LogP contribution in [0.2, 0.25) is 0 Å². The SMILES string of the molecule is COCC12CCC(CN3CCc4c(nc(C(N)=O)n4C)C3)(CC1)C2. The zero-order valence-corrected chi connectivity index (χ0v) is 14.8. The zero-order chi connectivity index (χ0) is 16.9. The van der Waals surface area contributed by atoms with E-state index in [1.165, 1.54) is 37.8 Å². The Hall–Kier alpha value is -1.40. The maximum atomic E-state index is 11.5. The molecule has 2 saturated carbocycles. The lowest BCUT2D eigenvalue weighted by Gasteiger charge is -2.35. The molecule has 0 atom stereocenters. The van der Waals surface area contributed by atoms with Crippen LogP contribution in [-0.4, -0.2) is 47.2 Å². The third kappa shape index (κ3) is 2.47. The maximum Gasteiger partial charge on any atom is 0.284 e. The molecule has 1 aromatic rings. The van der Waals surface area contributed by atoms with Crippen molar-refractivity contribution < 1.29 is 9.53 Å². The Kier molecular flexibility index (Phi) is 3.73. The zero-order valence-electron chi connectivity index (χ0n) is 14.8. The first-order valence-electron chi connectivity index (χ1n) is 9.02. The Bertz CT molecular complexity index is 658. The highest BCUT2D eigenvalue weighted by atomic mass is 16.5. The Labute approximate surface area is 143 Å². The predicted octanol–water partition coefficient (Wildman–Crippen LogP) is 1.47. The van der Waals surface area contributed by atoms with Gasteiger partial charge < -0.3 is 15.0 Å². The molecule has 6 heteroatoms. The second kappa shape index (κ2) is 5.56. The van der Waals surface area contributed by atoms with Crippen LogP contribution in [0.25, 0.3) is 0 Å². The van der Waals surface area contributed by atoms with E-state index in [1.54, 1.807) is 0 Å². The van der Waals surface area contributed by atoms with Gasteiger partial charge in [-0.25, -0.2) is 4.98 Å². The van der Waals surface area contributed by atoms with Gasteiger partial charge >= 0.3 is 0 Å². The van der Waals surface area contributed by atoms with E-state index >= 15 is 0 Å². The maximum absolute atomic E-state index is 11.5. The van der Waals surface area contributed by atoms with E-state index in [0.717, 1.165) is 38.4 Å². The third-order valence-electron chi connectivity index (χ3n) is 6.69. The van der Waals surface area contributed by atoms with Crippen LogP contribution in [0.4, 0.5) is 0 Å². The van der Waals surface area contributed by atoms with Gasteiger partial charge in [0, 0.05) is 45.9 Å². The lowest BCUT2D eigenvalue weighted by molar-refractivity contribution is 0.0860. The standard InChI is InChI=1S/C18H28N4O2/c1-21-14-3-8-22(9-13(14)20-16(21)15(19)23)11-17-4-6-18(10-17,7-5-17)12-24-2/h3-12H2,1-2H3,(H2,19,23). The molecule has 3 aliphatic rings. The van der Waals surface area contributed by atoms with Crippen LogP contribution in [0.3, 0.4) is 0 Å². The van der Waals surface area contributed by atoms with Crippen molar-refractivity contribution in [2.45, 2.75) is 45.1 Å². The number of imidazole rings is 1. The van der Waals surface area contributed by atoms with E-state index in [1.807, 2.05) is 18.7 Å². The molecule has 132 valence electrons. The van der Waals surface area contributed by atoms with Crippen LogP contribution < -0.4 is 5.73 Å². The first-order valence-corrected chi connectivity index (χ1v) is 9.02. The van der Waals surface area contributed by atoms with Crippen LogP contribution in [0.15, 0.2) is 0 Å². The van der Waals surface area contributed by atoms with E-state index in [-0.39, 0.29) is 0 Å². The summed E-state index contributed by atoms with van der Waals surface area (Å²) in [5.74, 6) is -0.0474. The molecule has 1 aromatic heterocycles. The Morgan fingerprint density at radius 2 is 2.00 bits per heavy atom. The molecule has 0 radical (unpaired) electrons. The quantitative estimate of drug-likeness (QED) is 0.886. The average Bonchev–Trinajstić information content (AvgIpc) is 3.17. The normalized spacial score (nSPS) is 32.2. The van der Waals surface area contributed by atoms with Gasteiger partial charge in [0.25, 0.3) is 5.91 Å². The van der Waals surface area contributed by atoms with Gasteiger partial charge in [0.1, 0.15) is 0 Å². The van der Waals surface area contributed by atoms with Gasteiger partial charge in [0.2, 0.25) is 0 Å². The monoisotopic (exact) mass is 332 g/mol. The van der Waals surface area contributed by atoms with Crippen LogP contribution in [0.5, 0.6) is 0 Å². The first-order chi connectivity index (χ1) is 11.5. The van der Waals surface area contributed by atoms with Crippen molar-refractivity contribution in [1.29, 1.82) is 0 Å². The third-order valence-corrected chi connectivity index (χ3v) is 6.69. The summed E-state index contributed by atoms with van der Waals surface area (Å²) in [6.45, 7) is 3.96. The van der Waals surface area contributed by atoms with Crippen LogP contribution in [0, 0.1) is 10.8 Å². The summed E-state index contributed by atoms with van der Waals surface area (Å²) < 4.78 is 7.37. The van der Waals surface area contributed by atoms with Crippen LogP contribution >= 0.6 is 0 Å². The molecule has 24 heavy (non-hydrogen) atoms. The molecule has 1 aliphatic heterocycles.